The van der Waals surface area contributed by atoms with Crippen molar-refractivity contribution in [2.45, 2.75) is 19.4 Å². The van der Waals surface area contributed by atoms with Crippen molar-refractivity contribution < 1.29 is 14.7 Å². The molecule has 0 aromatic carbocycles. The van der Waals surface area contributed by atoms with E-state index in [1.165, 1.54) is 0 Å². The predicted molar refractivity (Wildman–Crippen MR) is 54.6 cm³/mol. The zero-order valence-electron chi connectivity index (χ0n) is 9.10. The number of carbonyl (C=O) groups is 2. The first kappa shape index (κ1) is 10.7. The molecule has 6 nitrogen and oxygen atoms in total. The van der Waals surface area contributed by atoms with Crippen molar-refractivity contribution in [3.63, 3.8) is 0 Å². The molecule has 0 spiro atoms. The summed E-state index contributed by atoms with van der Waals surface area (Å²) in [4.78, 5) is 22.3. The van der Waals surface area contributed by atoms with Gasteiger partial charge in [0.05, 0.1) is 17.7 Å². The smallest absolute Gasteiger partial charge is 0.309 e. The van der Waals surface area contributed by atoms with Gasteiger partial charge in [-0.25, -0.2) is 0 Å². The number of hydrogen-bond donors (Lipinski definition) is 2. The van der Waals surface area contributed by atoms with Gasteiger partial charge in [-0.2, -0.15) is 5.10 Å². The topological polar surface area (TPSA) is 84.2 Å². The molecule has 6 heteroatoms. The number of carboxylic acids is 1. The third-order valence-corrected chi connectivity index (χ3v) is 2.79. The van der Waals surface area contributed by atoms with Gasteiger partial charge in [-0.1, -0.05) is 0 Å². The average Bonchev–Trinajstić information content (AvgIpc) is 2.69. The molecule has 0 bridgehead atoms. The SMILES string of the molecule is Cc1cn(C)nc1C1NC(=O)CC1C(=O)O. The summed E-state index contributed by atoms with van der Waals surface area (Å²) >= 11 is 0. The molecule has 0 saturated carbocycles. The number of nitrogens with zero attached hydrogens (tertiary/aromatic N) is 2. The highest BCUT2D eigenvalue weighted by Crippen LogP contribution is 2.31. The van der Waals surface area contributed by atoms with E-state index >= 15 is 0 Å². The third-order valence-electron chi connectivity index (χ3n) is 2.79. The summed E-state index contributed by atoms with van der Waals surface area (Å²) in [6.45, 7) is 1.85. The molecule has 2 atom stereocenters. The van der Waals surface area contributed by atoms with Crippen LogP contribution in [0.4, 0.5) is 0 Å². The Balaban J connectivity index is 2.35. The first-order chi connectivity index (χ1) is 7.49. The van der Waals surface area contributed by atoms with Crippen LogP contribution in [0.3, 0.4) is 0 Å². The van der Waals surface area contributed by atoms with Crippen LogP contribution in [0.15, 0.2) is 6.20 Å². The van der Waals surface area contributed by atoms with E-state index in [9.17, 15) is 9.59 Å². The lowest BCUT2D eigenvalue weighted by Crippen LogP contribution is -2.25. The minimum atomic E-state index is -0.964. The number of amides is 1. The zero-order chi connectivity index (χ0) is 11.9. The molecule has 1 aromatic rings. The van der Waals surface area contributed by atoms with Gasteiger partial charge in [0.15, 0.2) is 0 Å². The maximum atomic E-state index is 11.3. The first-order valence-electron chi connectivity index (χ1n) is 5.01. The van der Waals surface area contributed by atoms with E-state index in [1.807, 2.05) is 6.92 Å². The Labute approximate surface area is 92.3 Å². The molecular weight excluding hydrogens is 210 g/mol. The van der Waals surface area contributed by atoms with Crippen molar-refractivity contribution in [3.8, 4) is 0 Å². The molecule has 0 radical (unpaired) electrons. The number of hydrogen-bond acceptors (Lipinski definition) is 3. The first-order valence-corrected chi connectivity index (χ1v) is 5.01. The van der Waals surface area contributed by atoms with Gasteiger partial charge in [-0.05, 0) is 12.5 Å². The molecule has 1 aliphatic heterocycles. The molecule has 86 valence electrons. The van der Waals surface area contributed by atoms with Crippen molar-refractivity contribution in [1.82, 2.24) is 15.1 Å². The van der Waals surface area contributed by atoms with Gasteiger partial charge >= 0.3 is 5.97 Å². The van der Waals surface area contributed by atoms with E-state index in [2.05, 4.69) is 10.4 Å². The fourth-order valence-corrected chi connectivity index (χ4v) is 2.07. The molecule has 0 aliphatic carbocycles. The Hall–Kier alpha value is -1.85. The van der Waals surface area contributed by atoms with Crippen LogP contribution in [0.5, 0.6) is 0 Å². The van der Waals surface area contributed by atoms with Crippen molar-refractivity contribution >= 4 is 11.9 Å². The molecule has 1 fully saturated rings. The van der Waals surface area contributed by atoms with Crippen molar-refractivity contribution in [2.75, 3.05) is 0 Å². The Morgan fingerprint density at radius 3 is 2.88 bits per heavy atom. The number of aromatic nitrogens is 2. The average molecular weight is 223 g/mol. The van der Waals surface area contributed by atoms with E-state index in [0.717, 1.165) is 5.56 Å². The van der Waals surface area contributed by atoms with Crippen molar-refractivity contribution in [3.05, 3.63) is 17.5 Å². The highest BCUT2D eigenvalue weighted by molar-refractivity contribution is 5.87. The third kappa shape index (κ3) is 1.66. The standard InChI is InChI=1S/C10H13N3O3/c1-5-4-13(2)12-8(5)9-6(10(15)16)3-7(14)11-9/h4,6,9H,3H2,1-2H3,(H,11,14)(H,15,16). The van der Waals surface area contributed by atoms with Gasteiger partial charge in [0.1, 0.15) is 0 Å². The highest BCUT2D eigenvalue weighted by Gasteiger charge is 2.40. The van der Waals surface area contributed by atoms with E-state index in [0.29, 0.717) is 5.69 Å². The summed E-state index contributed by atoms with van der Waals surface area (Å²) < 4.78 is 1.62. The maximum absolute atomic E-state index is 11.3. The zero-order valence-corrected chi connectivity index (χ0v) is 9.10. The monoisotopic (exact) mass is 223 g/mol. The highest BCUT2D eigenvalue weighted by atomic mass is 16.4. The predicted octanol–water partition coefficient (Wildman–Crippen LogP) is -0.00968. The van der Waals surface area contributed by atoms with Crippen molar-refractivity contribution in [1.29, 1.82) is 0 Å². The van der Waals surface area contributed by atoms with Crippen molar-refractivity contribution in [2.24, 2.45) is 13.0 Å². The second-order valence-electron chi connectivity index (χ2n) is 4.07. The molecule has 2 N–H and O–H groups in total. The molecule has 1 amide bonds. The summed E-state index contributed by atoms with van der Waals surface area (Å²) in [6, 6.07) is -0.508. The van der Waals surface area contributed by atoms with Gasteiger partial charge in [0, 0.05) is 19.7 Å². The Bertz CT molecular complexity index is 452. The molecule has 1 aromatic heterocycles. The second-order valence-corrected chi connectivity index (χ2v) is 4.07. The molecule has 16 heavy (non-hydrogen) atoms. The molecular formula is C10H13N3O3. The van der Waals surface area contributed by atoms with Crippen LogP contribution in [-0.4, -0.2) is 26.8 Å². The molecule has 2 unspecified atom stereocenters. The summed E-state index contributed by atoms with van der Waals surface area (Å²) in [5.74, 6) is -1.92. The number of nitrogens with one attached hydrogen (secondary N) is 1. The van der Waals surface area contributed by atoms with Crippen LogP contribution < -0.4 is 5.32 Å². The Kier molecular flexibility index (Phi) is 2.41. The lowest BCUT2D eigenvalue weighted by atomic mass is 9.96. The number of aryl methyl sites for hydroxylation is 2. The summed E-state index contributed by atoms with van der Waals surface area (Å²) in [5, 5.41) is 15.9. The van der Waals surface area contributed by atoms with Crippen LogP contribution in [0, 0.1) is 12.8 Å². The second kappa shape index (κ2) is 3.62. The largest absolute Gasteiger partial charge is 0.481 e. The van der Waals surface area contributed by atoms with Gasteiger partial charge in [0.25, 0.3) is 0 Å². The summed E-state index contributed by atoms with van der Waals surface area (Å²) in [5.41, 5.74) is 1.53. The van der Waals surface area contributed by atoms with Crippen LogP contribution in [0.25, 0.3) is 0 Å². The lowest BCUT2D eigenvalue weighted by Gasteiger charge is -2.13. The molecule has 2 rings (SSSR count). The van der Waals surface area contributed by atoms with E-state index in [1.54, 1.807) is 17.9 Å². The van der Waals surface area contributed by atoms with E-state index in [4.69, 9.17) is 5.11 Å². The number of rotatable bonds is 2. The molecule has 2 heterocycles. The normalized spacial score (nSPS) is 24.5. The molecule has 1 saturated heterocycles. The Morgan fingerprint density at radius 1 is 1.69 bits per heavy atom. The number of carbonyl (C=O) groups excluding carboxylic acids is 1. The maximum Gasteiger partial charge on any atom is 0.309 e. The van der Waals surface area contributed by atoms with Gasteiger partial charge in [0.2, 0.25) is 5.91 Å². The van der Waals surface area contributed by atoms with Gasteiger partial charge in [-0.3, -0.25) is 14.3 Å². The van der Waals surface area contributed by atoms with Crippen LogP contribution in [-0.2, 0) is 16.6 Å². The number of aliphatic carboxylic acids is 1. The van der Waals surface area contributed by atoms with Crippen LogP contribution in [0.2, 0.25) is 0 Å². The number of carboxylic acid groups (broad SMARTS) is 1. The van der Waals surface area contributed by atoms with E-state index < -0.39 is 17.9 Å². The Morgan fingerprint density at radius 2 is 2.38 bits per heavy atom. The van der Waals surface area contributed by atoms with E-state index in [-0.39, 0.29) is 12.3 Å². The van der Waals surface area contributed by atoms with Crippen LogP contribution >= 0.6 is 0 Å². The van der Waals surface area contributed by atoms with Crippen LogP contribution in [0.1, 0.15) is 23.7 Å². The minimum Gasteiger partial charge on any atom is -0.481 e. The van der Waals surface area contributed by atoms with Gasteiger partial charge in [-0.15, -0.1) is 0 Å². The quantitative estimate of drug-likeness (QED) is 0.738. The van der Waals surface area contributed by atoms with Gasteiger partial charge < -0.3 is 10.4 Å². The molecule has 1 aliphatic rings. The lowest BCUT2D eigenvalue weighted by molar-refractivity contribution is -0.142. The minimum absolute atomic E-state index is 0.0238. The fourth-order valence-electron chi connectivity index (χ4n) is 2.07. The summed E-state index contributed by atoms with van der Waals surface area (Å²) in [7, 11) is 1.77. The summed E-state index contributed by atoms with van der Waals surface area (Å²) in [6.07, 6.45) is 1.83. The fraction of sp³-hybridized carbons (Fsp3) is 0.500.